The molecule has 1 N–H and O–H groups in total. The molecule has 2 aromatic rings. The molecule has 0 saturated carbocycles. The Kier molecular flexibility index (Phi) is 10.8. The summed E-state index contributed by atoms with van der Waals surface area (Å²) in [6, 6.07) is 18.8. The molecule has 0 aliphatic carbocycles. The third-order valence-electron chi connectivity index (χ3n) is 6.14. The van der Waals surface area contributed by atoms with Crippen molar-refractivity contribution in [1.29, 1.82) is 0 Å². The molecule has 0 spiro atoms. The average molecular weight is 565 g/mol. The van der Waals surface area contributed by atoms with Crippen LogP contribution in [0.15, 0.2) is 59.6 Å². The maximum atomic E-state index is 6.16. The Bertz CT molecular complexity index is 850. The summed E-state index contributed by atoms with van der Waals surface area (Å²) >= 11 is 0. The molecule has 0 amide bonds. The summed E-state index contributed by atoms with van der Waals surface area (Å²) in [5, 5.41) is 3.50. The zero-order valence-electron chi connectivity index (χ0n) is 19.6. The van der Waals surface area contributed by atoms with E-state index in [4.69, 9.17) is 14.5 Å². The van der Waals surface area contributed by atoms with Crippen LogP contribution < -0.4 is 10.1 Å². The van der Waals surface area contributed by atoms with Crippen LogP contribution in [0, 0.1) is 0 Å². The van der Waals surface area contributed by atoms with Crippen molar-refractivity contribution in [1.82, 2.24) is 15.1 Å². The SMILES string of the molecule is CCNC(=NCc1ccccc1CN1CCOCC1)N1CCC(Oc2ccccc2)CC1.I. The first-order valence-electron chi connectivity index (χ1n) is 11.9. The molecule has 0 radical (unpaired) electrons. The number of aliphatic imine (C=N–C) groups is 1. The minimum absolute atomic E-state index is 0. The molecule has 0 unspecified atom stereocenters. The van der Waals surface area contributed by atoms with Crippen LogP contribution in [0.4, 0.5) is 0 Å². The Labute approximate surface area is 215 Å². The highest BCUT2D eigenvalue weighted by Crippen LogP contribution is 2.19. The van der Waals surface area contributed by atoms with Crippen molar-refractivity contribution in [2.45, 2.75) is 39.0 Å². The lowest BCUT2D eigenvalue weighted by atomic mass is 10.1. The van der Waals surface area contributed by atoms with Crippen LogP contribution in [0.1, 0.15) is 30.9 Å². The monoisotopic (exact) mass is 564 g/mol. The molecule has 2 saturated heterocycles. The van der Waals surface area contributed by atoms with Gasteiger partial charge < -0.3 is 19.7 Å². The summed E-state index contributed by atoms with van der Waals surface area (Å²) in [7, 11) is 0. The predicted octanol–water partition coefficient (Wildman–Crippen LogP) is 4.15. The number of halogens is 1. The lowest BCUT2D eigenvalue weighted by Gasteiger charge is -2.34. The molecule has 180 valence electrons. The van der Waals surface area contributed by atoms with Crippen LogP contribution in [0.2, 0.25) is 0 Å². The summed E-state index contributed by atoms with van der Waals surface area (Å²) in [4.78, 5) is 9.86. The molecule has 4 rings (SSSR count). The first kappa shape index (κ1) is 25.8. The molecule has 6 nitrogen and oxygen atoms in total. The first-order chi connectivity index (χ1) is 15.8. The maximum Gasteiger partial charge on any atom is 0.194 e. The van der Waals surface area contributed by atoms with Gasteiger partial charge in [-0.05, 0) is 30.2 Å². The lowest BCUT2D eigenvalue weighted by molar-refractivity contribution is 0.0341. The van der Waals surface area contributed by atoms with Gasteiger partial charge in [0.05, 0.1) is 19.8 Å². The van der Waals surface area contributed by atoms with Crippen molar-refractivity contribution < 1.29 is 9.47 Å². The van der Waals surface area contributed by atoms with Crippen LogP contribution in [0.25, 0.3) is 0 Å². The van der Waals surface area contributed by atoms with E-state index in [-0.39, 0.29) is 30.1 Å². The lowest BCUT2D eigenvalue weighted by Crippen LogP contribution is -2.47. The van der Waals surface area contributed by atoms with Gasteiger partial charge in [-0.1, -0.05) is 42.5 Å². The highest BCUT2D eigenvalue weighted by Gasteiger charge is 2.23. The minimum Gasteiger partial charge on any atom is -0.490 e. The third kappa shape index (κ3) is 7.86. The van der Waals surface area contributed by atoms with Gasteiger partial charge in [-0.2, -0.15) is 0 Å². The van der Waals surface area contributed by atoms with Crippen LogP contribution in [-0.4, -0.2) is 67.8 Å². The molecule has 2 aliphatic heterocycles. The Morgan fingerprint density at radius 3 is 2.33 bits per heavy atom. The molecule has 2 aliphatic rings. The molecule has 33 heavy (non-hydrogen) atoms. The van der Waals surface area contributed by atoms with Crippen molar-refractivity contribution in [2.75, 3.05) is 45.9 Å². The van der Waals surface area contributed by atoms with Gasteiger partial charge in [0.1, 0.15) is 11.9 Å². The van der Waals surface area contributed by atoms with E-state index >= 15 is 0 Å². The van der Waals surface area contributed by atoms with Crippen molar-refractivity contribution in [3.05, 3.63) is 65.7 Å². The number of morpholine rings is 1. The largest absolute Gasteiger partial charge is 0.490 e. The number of ether oxygens (including phenoxy) is 2. The standard InChI is InChI=1S/C26H36N4O2.HI/c1-2-27-26(30-14-12-25(13-15-30)32-24-10-4-3-5-11-24)28-20-22-8-6-7-9-23(22)21-29-16-18-31-19-17-29;/h3-11,25H,2,12-21H2,1H3,(H,27,28);1H. The van der Waals surface area contributed by atoms with Crippen molar-refractivity contribution >= 4 is 29.9 Å². The number of rotatable bonds is 7. The van der Waals surface area contributed by atoms with Gasteiger partial charge in [0.15, 0.2) is 5.96 Å². The normalized spacial score (nSPS) is 18.0. The fourth-order valence-corrected chi connectivity index (χ4v) is 4.33. The van der Waals surface area contributed by atoms with E-state index in [0.717, 1.165) is 77.0 Å². The zero-order chi connectivity index (χ0) is 22.0. The van der Waals surface area contributed by atoms with Gasteiger partial charge in [-0.25, -0.2) is 4.99 Å². The average Bonchev–Trinajstić information content (AvgIpc) is 2.84. The Hall–Kier alpha value is -1.84. The fraction of sp³-hybridized carbons (Fsp3) is 0.500. The summed E-state index contributed by atoms with van der Waals surface area (Å²) in [5.41, 5.74) is 2.67. The van der Waals surface area contributed by atoms with E-state index in [0.29, 0.717) is 6.54 Å². The molecule has 2 fully saturated rings. The van der Waals surface area contributed by atoms with E-state index < -0.39 is 0 Å². The maximum absolute atomic E-state index is 6.16. The van der Waals surface area contributed by atoms with E-state index in [1.54, 1.807) is 0 Å². The van der Waals surface area contributed by atoms with Crippen LogP contribution in [0.3, 0.4) is 0 Å². The molecule has 2 aromatic carbocycles. The molecule has 0 bridgehead atoms. The molecule has 0 aromatic heterocycles. The number of hydrogen-bond donors (Lipinski definition) is 1. The smallest absolute Gasteiger partial charge is 0.194 e. The van der Waals surface area contributed by atoms with Gasteiger partial charge >= 0.3 is 0 Å². The van der Waals surface area contributed by atoms with Crippen molar-refractivity contribution in [3.63, 3.8) is 0 Å². The predicted molar refractivity (Wildman–Crippen MR) is 144 cm³/mol. The number of piperidine rings is 1. The Balaban J connectivity index is 0.00000306. The molecule has 7 heteroatoms. The summed E-state index contributed by atoms with van der Waals surface area (Å²) in [5.74, 6) is 1.97. The van der Waals surface area contributed by atoms with Gasteiger partial charge in [-0.15, -0.1) is 24.0 Å². The Morgan fingerprint density at radius 2 is 1.64 bits per heavy atom. The van der Waals surface area contributed by atoms with E-state index in [1.807, 2.05) is 30.3 Å². The Morgan fingerprint density at radius 1 is 0.970 bits per heavy atom. The molecule has 0 atom stereocenters. The summed E-state index contributed by atoms with van der Waals surface area (Å²) < 4.78 is 11.7. The second-order valence-corrected chi connectivity index (χ2v) is 8.44. The van der Waals surface area contributed by atoms with Crippen molar-refractivity contribution in [2.24, 2.45) is 4.99 Å². The van der Waals surface area contributed by atoms with Gasteiger partial charge in [0, 0.05) is 52.1 Å². The first-order valence-corrected chi connectivity index (χ1v) is 11.9. The molecular formula is C26H37IN4O2. The highest BCUT2D eigenvalue weighted by molar-refractivity contribution is 14.0. The summed E-state index contributed by atoms with van der Waals surface area (Å²) in [6.07, 6.45) is 2.28. The van der Waals surface area contributed by atoms with E-state index in [1.165, 1.54) is 11.1 Å². The molecular weight excluding hydrogens is 527 g/mol. The third-order valence-corrected chi connectivity index (χ3v) is 6.14. The quantitative estimate of drug-likeness (QED) is 0.311. The van der Waals surface area contributed by atoms with Gasteiger partial charge in [-0.3, -0.25) is 4.90 Å². The number of nitrogens with one attached hydrogen (secondary N) is 1. The second-order valence-electron chi connectivity index (χ2n) is 8.44. The second kappa shape index (κ2) is 13.8. The van der Waals surface area contributed by atoms with Gasteiger partial charge in [0.2, 0.25) is 0 Å². The zero-order valence-corrected chi connectivity index (χ0v) is 21.9. The number of hydrogen-bond acceptors (Lipinski definition) is 4. The number of para-hydroxylation sites is 1. The van der Waals surface area contributed by atoms with Gasteiger partial charge in [0.25, 0.3) is 0 Å². The van der Waals surface area contributed by atoms with Crippen LogP contribution >= 0.6 is 24.0 Å². The highest BCUT2D eigenvalue weighted by atomic mass is 127. The minimum atomic E-state index is 0. The van der Waals surface area contributed by atoms with Crippen LogP contribution in [0.5, 0.6) is 5.75 Å². The van der Waals surface area contributed by atoms with Crippen LogP contribution in [-0.2, 0) is 17.8 Å². The number of likely N-dealkylation sites (tertiary alicyclic amines) is 1. The number of nitrogens with zero attached hydrogens (tertiary/aromatic N) is 3. The topological polar surface area (TPSA) is 49.3 Å². The number of guanidine groups is 1. The number of benzene rings is 2. The van der Waals surface area contributed by atoms with E-state index in [2.05, 4.69) is 46.3 Å². The molecule has 2 heterocycles. The summed E-state index contributed by atoms with van der Waals surface area (Å²) in [6.45, 7) is 10.2. The van der Waals surface area contributed by atoms with Crippen molar-refractivity contribution in [3.8, 4) is 5.75 Å². The van der Waals surface area contributed by atoms with E-state index in [9.17, 15) is 0 Å². The fourth-order valence-electron chi connectivity index (χ4n) is 4.33.